The number of benzene rings is 1. The zero-order valence-electron chi connectivity index (χ0n) is 9.89. The summed E-state index contributed by atoms with van der Waals surface area (Å²) in [5.41, 5.74) is 5.89. The number of nitrogens with two attached hydrogens (primary N) is 1. The van der Waals surface area contributed by atoms with Crippen LogP contribution in [0, 0.1) is 0 Å². The summed E-state index contributed by atoms with van der Waals surface area (Å²) in [6, 6.07) is 5.88. The molecule has 0 spiro atoms. The van der Waals surface area contributed by atoms with Gasteiger partial charge in [-0.25, -0.2) is 0 Å². The molecule has 0 atom stereocenters. The van der Waals surface area contributed by atoms with Crippen LogP contribution in [0.4, 0.5) is 5.69 Å². The van der Waals surface area contributed by atoms with Gasteiger partial charge in [0.15, 0.2) is 0 Å². The normalized spacial score (nSPS) is 20.7. The van der Waals surface area contributed by atoms with Crippen molar-refractivity contribution >= 4 is 5.69 Å². The van der Waals surface area contributed by atoms with Crippen molar-refractivity contribution in [3.05, 3.63) is 29.8 Å². The molecule has 48 valence electrons. The molecular formula is C8H11N. The maximum absolute atomic E-state index is 7.46. The first-order chi connectivity index (χ1) is 6.25. The Morgan fingerprint density at radius 3 is 3.33 bits per heavy atom. The van der Waals surface area contributed by atoms with E-state index in [9.17, 15) is 0 Å². The van der Waals surface area contributed by atoms with Crippen molar-refractivity contribution in [1.29, 1.82) is 0 Å². The van der Waals surface area contributed by atoms with Gasteiger partial charge < -0.3 is 5.73 Å². The minimum Gasteiger partial charge on any atom is -0.399 e. The summed E-state index contributed by atoms with van der Waals surface area (Å²) in [6.07, 6.45) is -2.36. The summed E-state index contributed by atoms with van der Waals surface area (Å²) in [5.74, 6) is 0. The minimum absolute atomic E-state index is 0.0810. The average Bonchev–Trinajstić information content (AvgIpc) is 2.02. The van der Waals surface area contributed by atoms with E-state index in [1.807, 2.05) is 0 Å². The van der Waals surface area contributed by atoms with Gasteiger partial charge in [-0.15, -0.1) is 0 Å². The van der Waals surface area contributed by atoms with E-state index < -0.39 is 13.2 Å². The molecule has 9 heavy (non-hydrogen) atoms. The zero-order chi connectivity index (χ0) is 11.0. The molecule has 0 aromatic heterocycles. The van der Waals surface area contributed by atoms with Gasteiger partial charge in [0.05, 0.1) is 0 Å². The standard InChI is InChI=1S/C8H11N/c1-2-7-4-3-5-8(9)6-7/h3-6H,2,9H2,1H3/i1D3,2D2. The topological polar surface area (TPSA) is 26.0 Å². The maximum atomic E-state index is 7.46. The molecule has 0 bridgehead atoms. The van der Waals surface area contributed by atoms with Crippen molar-refractivity contribution in [2.45, 2.75) is 13.2 Å². The molecule has 0 radical (unpaired) electrons. The lowest BCUT2D eigenvalue weighted by Crippen LogP contribution is -1.85. The van der Waals surface area contributed by atoms with Gasteiger partial charge in [0.25, 0.3) is 0 Å². The van der Waals surface area contributed by atoms with Crippen molar-refractivity contribution in [1.82, 2.24) is 0 Å². The molecule has 0 saturated carbocycles. The molecule has 0 aliphatic carbocycles. The summed E-state index contributed by atoms with van der Waals surface area (Å²) >= 11 is 0. The van der Waals surface area contributed by atoms with Gasteiger partial charge in [-0.1, -0.05) is 19.0 Å². The third-order valence-corrected chi connectivity index (χ3v) is 1.03. The van der Waals surface area contributed by atoms with Crippen molar-refractivity contribution in [3.8, 4) is 0 Å². The minimum atomic E-state index is -2.68. The Morgan fingerprint density at radius 2 is 2.67 bits per heavy atom. The monoisotopic (exact) mass is 126 g/mol. The number of anilines is 1. The highest BCUT2D eigenvalue weighted by Gasteiger charge is 1.86. The molecule has 1 nitrogen and oxygen atoms in total. The molecule has 0 aliphatic rings. The highest BCUT2D eigenvalue weighted by Crippen LogP contribution is 2.05. The smallest absolute Gasteiger partial charge is 0.0316 e. The van der Waals surface area contributed by atoms with E-state index in [1.165, 1.54) is 18.2 Å². The van der Waals surface area contributed by atoms with Crippen LogP contribution in [-0.4, -0.2) is 0 Å². The number of hydrogen-bond donors (Lipinski definition) is 1. The Morgan fingerprint density at radius 1 is 1.78 bits per heavy atom. The highest BCUT2D eigenvalue weighted by molar-refractivity contribution is 5.40. The van der Waals surface area contributed by atoms with Gasteiger partial charge in [-0.2, -0.15) is 0 Å². The molecule has 1 rings (SSSR count). The second kappa shape index (κ2) is 2.53. The Kier molecular flexibility index (Phi) is 0.656. The largest absolute Gasteiger partial charge is 0.399 e. The Balaban J connectivity index is 3.16. The summed E-state index contributed by atoms with van der Waals surface area (Å²) in [4.78, 5) is 0. The number of aryl methyl sites for hydroxylation is 1. The fourth-order valence-corrected chi connectivity index (χ4v) is 0.616. The lowest BCUT2D eigenvalue weighted by molar-refractivity contribution is 1.14. The Labute approximate surface area is 62.5 Å². The molecule has 0 aliphatic heterocycles. The van der Waals surface area contributed by atoms with E-state index in [4.69, 9.17) is 12.6 Å². The van der Waals surface area contributed by atoms with Crippen LogP contribution in [0.2, 0.25) is 0 Å². The van der Waals surface area contributed by atoms with E-state index in [0.717, 1.165) is 0 Å². The molecular weight excluding hydrogens is 110 g/mol. The lowest BCUT2D eigenvalue weighted by Gasteiger charge is -1.95. The summed E-state index contributed by atoms with van der Waals surface area (Å²) < 4.78 is 36.1. The van der Waals surface area contributed by atoms with E-state index in [2.05, 4.69) is 0 Å². The maximum Gasteiger partial charge on any atom is 0.0316 e. The van der Waals surface area contributed by atoms with Crippen LogP contribution in [-0.2, 0) is 6.37 Å². The first kappa shape index (κ1) is 2.33. The van der Waals surface area contributed by atoms with Crippen LogP contribution in [0.15, 0.2) is 24.3 Å². The molecule has 2 N–H and O–H groups in total. The summed E-state index contributed by atoms with van der Waals surface area (Å²) in [6.45, 7) is -2.68. The average molecular weight is 126 g/mol. The van der Waals surface area contributed by atoms with Crippen LogP contribution in [0.3, 0.4) is 0 Å². The second-order valence-electron chi connectivity index (χ2n) is 1.75. The molecule has 0 fully saturated rings. The number of rotatable bonds is 1. The highest BCUT2D eigenvalue weighted by atomic mass is 14.5. The third kappa shape index (κ3) is 1.46. The van der Waals surface area contributed by atoms with E-state index in [1.54, 1.807) is 6.07 Å². The van der Waals surface area contributed by atoms with Crippen LogP contribution >= 0.6 is 0 Å². The number of nitrogen functional groups attached to an aromatic ring is 1. The van der Waals surface area contributed by atoms with Crippen molar-refractivity contribution in [2.24, 2.45) is 0 Å². The van der Waals surface area contributed by atoms with E-state index in [-0.39, 0.29) is 5.56 Å². The zero-order valence-corrected chi connectivity index (χ0v) is 4.89. The van der Waals surface area contributed by atoms with Crippen LogP contribution in [0.1, 0.15) is 19.3 Å². The van der Waals surface area contributed by atoms with Gasteiger partial charge in [0.2, 0.25) is 0 Å². The molecule has 0 amide bonds. The molecule has 1 aromatic rings. The van der Waals surface area contributed by atoms with Gasteiger partial charge >= 0.3 is 0 Å². The van der Waals surface area contributed by atoms with Crippen LogP contribution in [0.5, 0.6) is 0 Å². The predicted octanol–water partition coefficient (Wildman–Crippen LogP) is 1.83. The molecule has 1 heteroatoms. The third-order valence-electron chi connectivity index (χ3n) is 1.03. The summed E-state index contributed by atoms with van der Waals surface area (Å²) in [7, 11) is 0. The van der Waals surface area contributed by atoms with Crippen molar-refractivity contribution in [3.63, 3.8) is 0 Å². The summed E-state index contributed by atoms with van der Waals surface area (Å²) in [5, 5.41) is 0. The quantitative estimate of drug-likeness (QED) is 0.571. The van der Waals surface area contributed by atoms with Crippen LogP contribution < -0.4 is 5.73 Å². The van der Waals surface area contributed by atoms with Gasteiger partial charge in [0, 0.05) is 12.5 Å². The molecule has 0 unspecified atom stereocenters. The fraction of sp³-hybridized carbons (Fsp3) is 0.250. The van der Waals surface area contributed by atoms with E-state index >= 15 is 0 Å². The Hall–Kier alpha value is -0.980. The first-order valence-electron chi connectivity index (χ1n) is 5.11. The fourth-order valence-electron chi connectivity index (χ4n) is 0.616. The first-order valence-corrected chi connectivity index (χ1v) is 2.61. The van der Waals surface area contributed by atoms with Crippen LogP contribution in [0.25, 0.3) is 0 Å². The van der Waals surface area contributed by atoms with Gasteiger partial charge in [-0.05, 0) is 24.1 Å². The second-order valence-corrected chi connectivity index (χ2v) is 1.75. The molecule has 1 aromatic carbocycles. The SMILES string of the molecule is [2H]C([2H])([2H])C([2H])([2H])c1cccc(N)c1. The number of hydrogen-bond acceptors (Lipinski definition) is 1. The van der Waals surface area contributed by atoms with Gasteiger partial charge in [-0.3, -0.25) is 0 Å². The van der Waals surface area contributed by atoms with Crippen molar-refractivity contribution < 1.29 is 6.85 Å². The van der Waals surface area contributed by atoms with Gasteiger partial charge in [0.1, 0.15) is 0 Å². The van der Waals surface area contributed by atoms with Crippen molar-refractivity contribution in [2.75, 3.05) is 5.73 Å². The molecule has 0 saturated heterocycles. The van der Waals surface area contributed by atoms with E-state index in [0.29, 0.717) is 5.69 Å². The predicted molar refractivity (Wildman–Crippen MR) is 40.2 cm³/mol. The lowest BCUT2D eigenvalue weighted by atomic mass is 10.1. The Bertz CT molecular complexity index is 331. The molecule has 0 heterocycles.